The lowest BCUT2D eigenvalue weighted by Crippen LogP contribution is -2.54. The van der Waals surface area contributed by atoms with E-state index in [9.17, 15) is 24.0 Å². The van der Waals surface area contributed by atoms with Gasteiger partial charge in [-0.2, -0.15) is 0 Å². The second-order valence-electron chi connectivity index (χ2n) is 16.5. The van der Waals surface area contributed by atoms with E-state index in [0.29, 0.717) is 17.1 Å². The van der Waals surface area contributed by atoms with Crippen molar-refractivity contribution in [2.24, 2.45) is 5.41 Å². The highest BCUT2D eigenvalue weighted by Gasteiger charge is 2.45. The minimum absolute atomic E-state index is 0.0671. The number of fused-ring (bicyclic) bond motifs is 2. The fraction of sp³-hybridized carbons (Fsp3) is 0.432. The topological polar surface area (TPSA) is 148 Å². The van der Waals surface area contributed by atoms with E-state index in [1.807, 2.05) is 41.4 Å². The number of piperidine rings is 3. The van der Waals surface area contributed by atoms with E-state index in [1.165, 1.54) is 5.69 Å². The van der Waals surface area contributed by atoms with Crippen LogP contribution in [0.1, 0.15) is 91.8 Å². The van der Waals surface area contributed by atoms with Crippen molar-refractivity contribution in [2.75, 3.05) is 46.2 Å². The van der Waals surface area contributed by atoms with E-state index in [0.717, 1.165) is 105 Å². The zero-order valence-corrected chi connectivity index (χ0v) is 32.3. The molecule has 2 N–H and O–H groups in total. The van der Waals surface area contributed by atoms with Gasteiger partial charge < -0.3 is 20.0 Å². The maximum absolute atomic E-state index is 13.4. The molecule has 5 amide bonds. The Bertz CT molecular complexity index is 2230. The van der Waals surface area contributed by atoms with Crippen molar-refractivity contribution in [2.45, 2.75) is 89.3 Å². The average Bonchev–Trinajstić information content (AvgIpc) is 3.47. The minimum Gasteiger partial charge on any atom is -0.371 e. The van der Waals surface area contributed by atoms with E-state index in [1.54, 1.807) is 19.1 Å². The van der Waals surface area contributed by atoms with Gasteiger partial charge in [0.15, 0.2) is 0 Å². The summed E-state index contributed by atoms with van der Waals surface area (Å²) >= 11 is 0. The number of benzene rings is 3. The van der Waals surface area contributed by atoms with Crippen molar-refractivity contribution in [3.05, 3.63) is 84.1 Å². The second-order valence-corrected chi connectivity index (χ2v) is 16.5. The fourth-order valence-corrected chi connectivity index (χ4v) is 9.81. The van der Waals surface area contributed by atoms with Crippen LogP contribution in [0.25, 0.3) is 10.9 Å². The van der Waals surface area contributed by atoms with Gasteiger partial charge in [0.1, 0.15) is 6.04 Å². The molecule has 294 valence electrons. The van der Waals surface area contributed by atoms with Crippen molar-refractivity contribution in [1.82, 2.24) is 20.2 Å². The van der Waals surface area contributed by atoms with Crippen molar-refractivity contribution < 1.29 is 24.0 Å². The molecule has 57 heavy (non-hydrogen) atoms. The van der Waals surface area contributed by atoms with E-state index >= 15 is 0 Å². The Hall–Kier alpha value is -5.85. The van der Waals surface area contributed by atoms with Crippen molar-refractivity contribution in [3.8, 4) is 0 Å². The number of aromatic nitrogens is 2. The number of imide groups is 2. The van der Waals surface area contributed by atoms with Gasteiger partial charge in [-0.3, -0.25) is 34.2 Å². The van der Waals surface area contributed by atoms with E-state index < -0.39 is 23.8 Å². The molecule has 1 atom stereocenters. The minimum atomic E-state index is -0.968. The normalized spacial score (nSPS) is 23.5. The molecule has 4 fully saturated rings. The Labute approximate surface area is 331 Å². The maximum Gasteiger partial charge on any atom is 0.262 e. The molecular weight excluding hydrogens is 721 g/mol. The van der Waals surface area contributed by atoms with Crippen molar-refractivity contribution in [1.29, 1.82) is 0 Å². The van der Waals surface area contributed by atoms with Gasteiger partial charge >= 0.3 is 0 Å². The molecule has 5 aliphatic rings. The highest BCUT2D eigenvalue weighted by atomic mass is 16.2. The van der Waals surface area contributed by atoms with Crippen LogP contribution in [0.4, 0.5) is 23.0 Å². The van der Waals surface area contributed by atoms with Crippen LogP contribution in [-0.4, -0.2) is 88.7 Å². The van der Waals surface area contributed by atoms with Crippen molar-refractivity contribution in [3.63, 3.8) is 0 Å². The van der Waals surface area contributed by atoms with Crippen LogP contribution in [0.3, 0.4) is 0 Å². The van der Waals surface area contributed by atoms with Gasteiger partial charge in [-0.05, 0) is 112 Å². The molecule has 1 spiro atoms. The zero-order valence-electron chi connectivity index (χ0n) is 32.3. The van der Waals surface area contributed by atoms with Crippen LogP contribution in [0.2, 0.25) is 0 Å². The number of hydrogen-bond donors (Lipinski definition) is 2. The second kappa shape index (κ2) is 14.9. The number of para-hydroxylation sites is 1. The summed E-state index contributed by atoms with van der Waals surface area (Å²) in [5.41, 5.74) is 4.85. The molecule has 3 saturated heterocycles. The lowest BCUT2D eigenvalue weighted by Gasteiger charge is -2.48. The first-order valence-electron chi connectivity index (χ1n) is 20.4. The largest absolute Gasteiger partial charge is 0.371 e. The third-order valence-corrected chi connectivity index (χ3v) is 13.2. The number of nitrogens with one attached hydrogen (secondary N) is 2. The van der Waals surface area contributed by atoms with Gasteiger partial charge in [-0.1, -0.05) is 18.2 Å². The van der Waals surface area contributed by atoms with Crippen LogP contribution in [0, 0.1) is 5.41 Å². The molecule has 5 heterocycles. The molecule has 3 aromatic carbocycles. The monoisotopic (exact) mass is 768 g/mol. The molecule has 0 radical (unpaired) electrons. The van der Waals surface area contributed by atoms with E-state index in [4.69, 9.17) is 0 Å². The first kappa shape index (κ1) is 36.8. The van der Waals surface area contributed by atoms with Gasteiger partial charge in [0, 0.05) is 80.3 Å². The van der Waals surface area contributed by atoms with Gasteiger partial charge in [-0.15, -0.1) is 0 Å². The molecule has 0 bridgehead atoms. The number of carbonyl (C=O) groups is 5. The molecular formula is C44H48N8O5. The highest BCUT2D eigenvalue weighted by molar-refractivity contribution is 6.23. The third kappa shape index (κ3) is 7.08. The molecule has 4 aromatic rings. The summed E-state index contributed by atoms with van der Waals surface area (Å²) in [7, 11) is 0. The zero-order chi connectivity index (χ0) is 39.3. The van der Waals surface area contributed by atoms with Crippen LogP contribution < -0.4 is 25.3 Å². The van der Waals surface area contributed by atoms with Gasteiger partial charge in [0.25, 0.3) is 11.8 Å². The molecule has 1 aliphatic carbocycles. The third-order valence-electron chi connectivity index (χ3n) is 13.2. The standard InChI is InChI=1S/C44H48N8O5/c1-28(53)51(32-8-6-30(7-9-32)46-43-45-27-29-4-2-3-5-37(29)47-43)33-12-10-31(11-13-33)49-22-18-44(19-23-49)20-24-50(25-21-44)34-14-15-35-36(26-34)42(57)52(41(35)56)38-16-17-39(54)48-40(38)55/h2-5,10-15,26-27,30,32,38H,6-9,16-25H2,1H3,(H,45,46,47)(H,48,54,55). The Morgan fingerprint density at radius 3 is 2.12 bits per heavy atom. The summed E-state index contributed by atoms with van der Waals surface area (Å²) in [6.07, 6.45) is 10.1. The first-order chi connectivity index (χ1) is 27.6. The predicted molar refractivity (Wildman–Crippen MR) is 217 cm³/mol. The van der Waals surface area contributed by atoms with E-state index in [-0.39, 0.29) is 42.2 Å². The number of hydrogen-bond acceptors (Lipinski definition) is 10. The number of nitrogens with zero attached hydrogens (tertiary/aromatic N) is 6. The molecule has 13 heteroatoms. The lowest BCUT2D eigenvalue weighted by molar-refractivity contribution is -0.136. The summed E-state index contributed by atoms with van der Waals surface area (Å²) in [6.45, 7) is 5.34. The summed E-state index contributed by atoms with van der Waals surface area (Å²) < 4.78 is 0. The SMILES string of the molecule is CC(=O)N(c1ccc(N2CCC3(CC2)CCN(c2ccc4c(c2)C(=O)N(C2CCC(=O)NC2=O)C4=O)CC3)cc1)C1CCC(Nc2ncc3ccccc3n2)CC1. The Balaban J connectivity index is 0.771. The Kier molecular flexibility index (Phi) is 9.62. The summed E-state index contributed by atoms with van der Waals surface area (Å²) in [4.78, 5) is 80.7. The van der Waals surface area contributed by atoms with Crippen LogP contribution in [0.15, 0.2) is 72.9 Å². The predicted octanol–water partition coefficient (Wildman–Crippen LogP) is 5.69. The Morgan fingerprint density at radius 2 is 1.44 bits per heavy atom. The molecule has 9 rings (SSSR count). The number of carbonyl (C=O) groups excluding carboxylic acids is 5. The highest BCUT2D eigenvalue weighted by Crippen LogP contribution is 2.44. The maximum atomic E-state index is 13.4. The number of amides is 5. The van der Waals surface area contributed by atoms with Gasteiger partial charge in [0.2, 0.25) is 23.7 Å². The smallest absolute Gasteiger partial charge is 0.262 e. The molecule has 4 aliphatic heterocycles. The van der Waals surface area contributed by atoms with Crippen LogP contribution in [-0.2, 0) is 14.4 Å². The summed E-state index contributed by atoms with van der Waals surface area (Å²) in [6, 6.07) is 21.4. The van der Waals surface area contributed by atoms with E-state index in [2.05, 4.69) is 54.7 Å². The summed E-state index contributed by atoms with van der Waals surface area (Å²) in [5.74, 6) is -1.22. The van der Waals surface area contributed by atoms with Crippen LogP contribution >= 0.6 is 0 Å². The van der Waals surface area contributed by atoms with Gasteiger partial charge in [-0.25, -0.2) is 9.97 Å². The average molecular weight is 769 g/mol. The summed E-state index contributed by atoms with van der Waals surface area (Å²) in [5, 5.41) is 6.80. The van der Waals surface area contributed by atoms with Crippen LogP contribution in [0.5, 0.6) is 0 Å². The molecule has 1 aromatic heterocycles. The molecule has 13 nitrogen and oxygen atoms in total. The molecule has 1 unspecified atom stereocenters. The molecule has 1 saturated carbocycles. The first-order valence-corrected chi connectivity index (χ1v) is 20.4. The number of anilines is 4. The number of rotatable bonds is 7. The lowest BCUT2D eigenvalue weighted by atomic mass is 9.71. The fourth-order valence-electron chi connectivity index (χ4n) is 9.81. The quantitative estimate of drug-likeness (QED) is 0.225. The Morgan fingerprint density at radius 1 is 0.789 bits per heavy atom. The van der Waals surface area contributed by atoms with Gasteiger partial charge in [0.05, 0.1) is 16.6 Å². The van der Waals surface area contributed by atoms with Crippen molar-refractivity contribution >= 4 is 63.4 Å².